The van der Waals surface area contributed by atoms with Crippen LogP contribution in [0.5, 0.6) is 0 Å². The molecular weight excluding hydrogens is 206 g/mol. The van der Waals surface area contributed by atoms with Gasteiger partial charge < -0.3 is 15.6 Å². The smallest absolute Gasteiger partial charge is 0.240 e. The molecule has 0 saturated heterocycles. The Balaban J connectivity index is 1.91. The highest BCUT2D eigenvalue weighted by molar-refractivity contribution is 5.86. The lowest BCUT2D eigenvalue weighted by Gasteiger charge is -2.21. The molecule has 0 bridgehead atoms. The molecule has 1 saturated carbocycles. The summed E-state index contributed by atoms with van der Waals surface area (Å²) in [6, 6.07) is 0. The van der Waals surface area contributed by atoms with Crippen molar-refractivity contribution >= 4 is 5.91 Å². The third kappa shape index (κ3) is 2.06. The maximum Gasteiger partial charge on any atom is 0.240 e. The molecule has 6 heteroatoms. The number of hydrogen-bond donors (Lipinski definition) is 2. The van der Waals surface area contributed by atoms with Gasteiger partial charge in [-0.2, -0.15) is 0 Å². The van der Waals surface area contributed by atoms with Gasteiger partial charge in [-0.1, -0.05) is 12.8 Å². The number of rotatable bonds is 3. The number of amides is 1. The van der Waals surface area contributed by atoms with Crippen LogP contribution in [0.2, 0.25) is 0 Å². The minimum absolute atomic E-state index is 0.0759. The number of aromatic nitrogens is 3. The lowest BCUT2D eigenvalue weighted by molar-refractivity contribution is -0.126. The van der Waals surface area contributed by atoms with Crippen molar-refractivity contribution in [2.24, 2.45) is 12.8 Å². The number of nitrogens with two attached hydrogens (primary N) is 1. The van der Waals surface area contributed by atoms with Crippen LogP contribution in [0.4, 0.5) is 0 Å². The van der Waals surface area contributed by atoms with Crippen LogP contribution in [0.25, 0.3) is 0 Å². The summed E-state index contributed by atoms with van der Waals surface area (Å²) < 4.78 is 1.78. The van der Waals surface area contributed by atoms with Gasteiger partial charge in [0.15, 0.2) is 5.82 Å². The number of nitrogens with zero attached hydrogens (tertiary/aromatic N) is 3. The molecule has 0 spiro atoms. The molecule has 3 N–H and O–H groups in total. The fraction of sp³-hybridized carbons (Fsp3) is 0.700. The van der Waals surface area contributed by atoms with E-state index in [-0.39, 0.29) is 5.91 Å². The first-order chi connectivity index (χ1) is 7.62. The van der Waals surface area contributed by atoms with Crippen molar-refractivity contribution in [3.63, 3.8) is 0 Å². The van der Waals surface area contributed by atoms with E-state index in [0.29, 0.717) is 6.54 Å². The van der Waals surface area contributed by atoms with E-state index in [0.717, 1.165) is 31.5 Å². The van der Waals surface area contributed by atoms with Crippen molar-refractivity contribution < 1.29 is 4.79 Å². The summed E-state index contributed by atoms with van der Waals surface area (Å²) in [5, 5.41) is 10.5. The van der Waals surface area contributed by atoms with E-state index in [4.69, 9.17) is 5.73 Å². The molecule has 6 nitrogen and oxygen atoms in total. The topological polar surface area (TPSA) is 85.8 Å². The molecule has 16 heavy (non-hydrogen) atoms. The second-order valence-corrected chi connectivity index (χ2v) is 4.40. The molecule has 0 atom stereocenters. The van der Waals surface area contributed by atoms with Crippen molar-refractivity contribution in [3.05, 3.63) is 12.2 Å². The van der Waals surface area contributed by atoms with Crippen LogP contribution in [0.15, 0.2) is 6.33 Å². The van der Waals surface area contributed by atoms with E-state index in [9.17, 15) is 4.79 Å². The Hall–Kier alpha value is -1.43. The zero-order chi connectivity index (χ0) is 11.6. The highest BCUT2D eigenvalue weighted by atomic mass is 16.2. The lowest BCUT2D eigenvalue weighted by Crippen LogP contribution is -2.51. The van der Waals surface area contributed by atoms with Gasteiger partial charge in [-0.15, -0.1) is 10.2 Å². The van der Waals surface area contributed by atoms with Crippen LogP contribution in [0, 0.1) is 0 Å². The van der Waals surface area contributed by atoms with E-state index >= 15 is 0 Å². The first-order valence-electron chi connectivity index (χ1n) is 5.52. The molecule has 1 aromatic rings. The molecule has 0 radical (unpaired) electrons. The van der Waals surface area contributed by atoms with Crippen LogP contribution in [0.1, 0.15) is 31.5 Å². The fourth-order valence-electron chi connectivity index (χ4n) is 2.04. The Bertz CT molecular complexity index is 380. The van der Waals surface area contributed by atoms with Gasteiger partial charge in [0.25, 0.3) is 0 Å². The van der Waals surface area contributed by atoms with Crippen LogP contribution in [-0.4, -0.2) is 26.2 Å². The third-order valence-electron chi connectivity index (χ3n) is 3.16. The average Bonchev–Trinajstić information content (AvgIpc) is 2.85. The molecule has 0 aliphatic heterocycles. The Kier molecular flexibility index (Phi) is 2.91. The molecule has 1 aromatic heterocycles. The van der Waals surface area contributed by atoms with Crippen molar-refractivity contribution in [2.75, 3.05) is 0 Å². The number of aryl methyl sites for hydroxylation is 1. The van der Waals surface area contributed by atoms with Gasteiger partial charge in [-0.25, -0.2) is 0 Å². The van der Waals surface area contributed by atoms with E-state index in [2.05, 4.69) is 15.5 Å². The van der Waals surface area contributed by atoms with Crippen LogP contribution in [-0.2, 0) is 18.4 Å². The normalized spacial score (nSPS) is 18.6. The van der Waals surface area contributed by atoms with Crippen molar-refractivity contribution in [1.29, 1.82) is 0 Å². The second-order valence-electron chi connectivity index (χ2n) is 4.40. The number of carbonyl (C=O) groups is 1. The minimum Gasteiger partial charge on any atom is -0.347 e. The summed E-state index contributed by atoms with van der Waals surface area (Å²) in [6.07, 6.45) is 5.23. The van der Waals surface area contributed by atoms with E-state index < -0.39 is 5.54 Å². The molecule has 1 amide bonds. The van der Waals surface area contributed by atoms with E-state index in [1.165, 1.54) is 0 Å². The largest absolute Gasteiger partial charge is 0.347 e. The standard InChI is InChI=1S/C10H17N5O/c1-15-7-13-14-8(15)6-12-9(16)10(11)4-2-3-5-10/h7H,2-6,11H2,1H3,(H,12,16). The highest BCUT2D eigenvalue weighted by Crippen LogP contribution is 2.27. The van der Waals surface area contributed by atoms with Crippen LogP contribution in [0.3, 0.4) is 0 Å². The Labute approximate surface area is 94.2 Å². The molecule has 1 heterocycles. The highest BCUT2D eigenvalue weighted by Gasteiger charge is 2.36. The number of nitrogens with one attached hydrogen (secondary N) is 1. The maximum atomic E-state index is 11.9. The van der Waals surface area contributed by atoms with Gasteiger partial charge in [0.05, 0.1) is 12.1 Å². The summed E-state index contributed by atoms with van der Waals surface area (Å²) in [4.78, 5) is 11.9. The van der Waals surface area contributed by atoms with E-state index in [1.54, 1.807) is 10.9 Å². The van der Waals surface area contributed by atoms with Gasteiger partial charge in [0, 0.05) is 7.05 Å². The first kappa shape index (κ1) is 11.1. The average molecular weight is 223 g/mol. The van der Waals surface area contributed by atoms with Gasteiger partial charge in [0.2, 0.25) is 5.91 Å². The van der Waals surface area contributed by atoms with Gasteiger partial charge in [-0.3, -0.25) is 4.79 Å². The quantitative estimate of drug-likeness (QED) is 0.737. The molecule has 88 valence electrons. The lowest BCUT2D eigenvalue weighted by atomic mass is 9.98. The summed E-state index contributed by atoms with van der Waals surface area (Å²) in [7, 11) is 1.84. The summed E-state index contributed by atoms with van der Waals surface area (Å²) in [5.41, 5.74) is 5.36. The van der Waals surface area contributed by atoms with Crippen molar-refractivity contribution in [3.8, 4) is 0 Å². The van der Waals surface area contributed by atoms with Crippen molar-refractivity contribution in [1.82, 2.24) is 20.1 Å². The van der Waals surface area contributed by atoms with Gasteiger partial charge in [0.1, 0.15) is 6.33 Å². The minimum atomic E-state index is -0.668. The molecule has 1 aliphatic rings. The molecule has 1 aliphatic carbocycles. The molecule has 0 aromatic carbocycles. The Morgan fingerprint density at radius 3 is 2.88 bits per heavy atom. The first-order valence-corrected chi connectivity index (χ1v) is 5.52. The SMILES string of the molecule is Cn1cnnc1CNC(=O)C1(N)CCCC1. The van der Waals surface area contributed by atoms with Gasteiger partial charge >= 0.3 is 0 Å². The molecule has 0 unspecified atom stereocenters. The molecule has 1 fully saturated rings. The second kappa shape index (κ2) is 4.21. The summed E-state index contributed by atoms with van der Waals surface area (Å²) in [5.74, 6) is 0.656. The van der Waals surface area contributed by atoms with Crippen LogP contribution < -0.4 is 11.1 Å². The third-order valence-corrected chi connectivity index (χ3v) is 3.16. The molecular formula is C10H17N5O. The number of hydrogen-bond acceptors (Lipinski definition) is 4. The maximum absolute atomic E-state index is 11.9. The van der Waals surface area contributed by atoms with Gasteiger partial charge in [-0.05, 0) is 12.8 Å². The fourth-order valence-corrected chi connectivity index (χ4v) is 2.04. The Morgan fingerprint density at radius 1 is 1.62 bits per heavy atom. The zero-order valence-electron chi connectivity index (χ0n) is 9.44. The van der Waals surface area contributed by atoms with Crippen molar-refractivity contribution in [2.45, 2.75) is 37.8 Å². The molecule has 2 rings (SSSR count). The summed E-state index contributed by atoms with van der Waals surface area (Å²) >= 11 is 0. The predicted octanol–water partition coefficient (Wildman–Crippen LogP) is -0.297. The summed E-state index contributed by atoms with van der Waals surface area (Å²) in [6.45, 7) is 0.383. The zero-order valence-corrected chi connectivity index (χ0v) is 9.44. The van der Waals surface area contributed by atoms with E-state index in [1.807, 2.05) is 7.05 Å². The monoisotopic (exact) mass is 223 g/mol. The predicted molar refractivity (Wildman–Crippen MR) is 58.2 cm³/mol. The Morgan fingerprint density at radius 2 is 2.31 bits per heavy atom. The van der Waals surface area contributed by atoms with Crippen LogP contribution >= 0.6 is 0 Å². The number of carbonyl (C=O) groups excluding carboxylic acids is 1.